The number of amides is 1. The third-order valence-electron chi connectivity index (χ3n) is 5.07. The second-order valence-corrected chi connectivity index (χ2v) is 8.78. The number of carbonyl (C=O) groups is 1. The summed E-state index contributed by atoms with van der Waals surface area (Å²) in [5, 5.41) is 0. The maximum absolute atomic E-state index is 12.9. The lowest BCUT2D eigenvalue weighted by Gasteiger charge is -2.36. The van der Waals surface area contributed by atoms with Crippen LogP contribution in [0.5, 0.6) is 0 Å². The number of rotatable bonds is 4. The molecule has 24 heavy (non-hydrogen) atoms. The molecule has 2 atom stereocenters. The third kappa shape index (κ3) is 4.75. The molecule has 1 aliphatic heterocycles. The van der Waals surface area contributed by atoms with Crippen LogP contribution in [0.3, 0.4) is 0 Å². The van der Waals surface area contributed by atoms with E-state index >= 15 is 0 Å². The molecule has 1 saturated carbocycles. The van der Waals surface area contributed by atoms with Gasteiger partial charge < -0.3 is 9.47 Å². The highest BCUT2D eigenvalue weighted by molar-refractivity contribution is 5.70. The summed E-state index contributed by atoms with van der Waals surface area (Å²) in [6.45, 7) is 13.5. The molecule has 4 heteroatoms. The van der Waals surface area contributed by atoms with Crippen molar-refractivity contribution >= 4 is 6.09 Å². The zero-order chi connectivity index (χ0) is 18.0. The van der Waals surface area contributed by atoms with Crippen molar-refractivity contribution in [3.63, 3.8) is 0 Å². The van der Waals surface area contributed by atoms with Crippen molar-refractivity contribution in [2.45, 2.75) is 103 Å². The quantitative estimate of drug-likeness (QED) is 0.656. The minimum Gasteiger partial charge on any atom is -0.444 e. The number of nitrogens with zero attached hydrogens (tertiary/aromatic N) is 1. The minimum absolute atomic E-state index is 0.00643. The van der Waals surface area contributed by atoms with Crippen LogP contribution in [0, 0.1) is 5.92 Å². The van der Waals surface area contributed by atoms with Crippen molar-refractivity contribution in [1.82, 2.24) is 4.90 Å². The Bertz CT molecular complexity index is 446. The highest BCUT2D eigenvalue weighted by Gasteiger charge is 2.51. The van der Waals surface area contributed by atoms with E-state index in [9.17, 15) is 4.79 Å². The summed E-state index contributed by atoms with van der Waals surface area (Å²) in [4.78, 5) is 14.7. The lowest BCUT2D eigenvalue weighted by Crippen LogP contribution is -2.50. The van der Waals surface area contributed by atoms with Gasteiger partial charge in [-0.1, -0.05) is 38.2 Å². The van der Waals surface area contributed by atoms with Crippen LogP contribution in [-0.4, -0.2) is 34.5 Å². The molecule has 1 heterocycles. The number of hydrogen-bond donors (Lipinski definition) is 0. The fraction of sp³-hybridized carbons (Fsp3) is 0.850. The molecule has 2 aliphatic rings. The fourth-order valence-corrected chi connectivity index (χ4v) is 4.13. The topological polar surface area (TPSA) is 38.8 Å². The Kier molecular flexibility index (Phi) is 6.00. The van der Waals surface area contributed by atoms with Gasteiger partial charge in [-0.3, -0.25) is 4.90 Å². The van der Waals surface area contributed by atoms with E-state index in [0.717, 1.165) is 12.8 Å². The molecule has 2 fully saturated rings. The van der Waals surface area contributed by atoms with Crippen molar-refractivity contribution in [1.29, 1.82) is 0 Å². The second-order valence-electron chi connectivity index (χ2n) is 8.78. The summed E-state index contributed by atoms with van der Waals surface area (Å²) in [6, 6.07) is 0.0657. The summed E-state index contributed by atoms with van der Waals surface area (Å²) < 4.78 is 11.9. The van der Waals surface area contributed by atoms with Crippen molar-refractivity contribution in [3.05, 3.63) is 12.7 Å². The maximum Gasteiger partial charge on any atom is 0.412 e. The van der Waals surface area contributed by atoms with Crippen molar-refractivity contribution < 1.29 is 14.3 Å². The molecule has 0 aromatic heterocycles. The van der Waals surface area contributed by atoms with Gasteiger partial charge in [-0.2, -0.15) is 0 Å². The Labute approximate surface area is 147 Å². The Morgan fingerprint density at radius 2 is 1.92 bits per heavy atom. The van der Waals surface area contributed by atoms with Gasteiger partial charge >= 0.3 is 6.09 Å². The summed E-state index contributed by atoms with van der Waals surface area (Å²) in [5.41, 5.74) is -1.14. The van der Waals surface area contributed by atoms with E-state index in [-0.39, 0.29) is 18.2 Å². The Morgan fingerprint density at radius 3 is 2.46 bits per heavy atom. The van der Waals surface area contributed by atoms with Gasteiger partial charge in [0.2, 0.25) is 0 Å². The van der Waals surface area contributed by atoms with Gasteiger partial charge in [-0.15, -0.1) is 6.58 Å². The SMILES string of the molecule is C=CC[C@@H]1OC(C)(C)N(C(=O)OC(C)(C)C)[C@H]1CC1CCCCC1. The average molecular weight is 338 g/mol. The van der Waals surface area contributed by atoms with Crippen LogP contribution in [0.25, 0.3) is 0 Å². The molecule has 0 bridgehead atoms. The maximum atomic E-state index is 12.9. The van der Waals surface area contributed by atoms with Crippen LogP contribution in [0.2, 0.25) is 0 Å². The lowest BCUT2D eigenvalue weighted by molar-refractivity contribution is -0.0782. The van der Waals surface area contributed by atoms with E-state index < -0.39 is 11.3 Å². The molecule has 0 radical (unpaired) electrons. The van der Waals surface area contributed by atoms with Gasteiger partial charge in [0.25, 0.3) is 0 Å². The highest BCUT2D eigenvalue weighted by Crippen LogP contribution is 2.40. The number of hydrogen-bond acceptors (Lipinski definition) is 3. The Hall–Kier alpha value is -1.03. The fourth-order valence-electron chi connectivity index (χ4n) is 4.13. The molecule has 1 aliphatic carbocycles. The lowest BCUT2D eigenvalue weighted by atomic mass is 9.83. The number of ether oxygens (including phenoxy) is 2. The Balaban J connectivity index is 2.20. The summed E-state index contributed by atoms with van der Waals surface area (Å²) in [7, 11) is 0. The second kappa shape index (κ2) is 7.47. The Morgan fingerprint density at radius 1 is 1.29 bits per heavy atom. The standard InChI is InChI=1S/C20H35NO3/c1-7-11-17-16(14-15-12-9-8-10-13-15)21(20(5,6)23-17)18(22)24-19(2,3)4/h7,15-17H,1,8-14H2,2-6H3/t16-,17-/m0/s1. The summed E-state index contributed by atoms with van der Waals surface area (Å²) >= 11 is 0. The molecule has 0 aromatic rings. The van der Waals surface area contributed by atoms with Gasteiger partial charge in [0.05, 0.1) is 12.1 Å². The molecule has 2 rings (SSSR count). The van der Waals surface area contributed by atoms with Crippen LogP contribution >= 0.6 is 0 Å². The molecule has 4 nitrogen and oxygen atoms in total. The normalized spacial score (nSPS) is 28.0. The molecule has 0 N–H and O–H groups in total. The van der Waals surface area contributed by atoms with E-state index in [1.54, 1.807) is 0 Å². The van der Waals surface area contributed by atoms with Crippen LogP contribution < -0.4 is 0 Å². The van der Waals surface area contributed by atoms with E-state index in [1.165, 1.54) is 32.1 Å². The van der Waals surface area contributed by atoms with E-state index in [4.69, 9.17) is 9.47 Å². The van der Waals surface area contributed by atoms with E-state index in [0.29, 0.717) is 5.92 Å². The summed E-state index contributed by atoms with van der Waals surface area (Å²) in [5.74, 6) is 0.679. The molecular formula is C20H35NO3. The van der Waals surface area contributed by atoms with Gasteiger partial charge in [0.1, 0.15) is 11.3 Å². The van der Waals surface area contributed by atoms with Gasteiger partial charge in [-0.25, -0.2) is 4.79 Å². The summed E-state index contributed by atoms with van der Waals surface area (Å²) in [6.07, 6.45) is 9.89. The molecule has 1 amide bonds. The average Bonchev–Trinajstić information content (AvgIpc) is 2.69. The number of carbonyl (C=O) groups excluding carboxylic acids is 1. The first-order chi connectivity index (χ1) is 11.1. The zero-order valence-electron chi connectivity index (χ0n) is 16.1. The van der Waals surface area contributed by atoms with Crippen LogP contribution in [0.15, 0.2) is 12.7 Å². The molecule has 1 saturated heterocycles. The monoisotopic (exact) mass is 337 g/mol. The van der Waals surface area contributed by atoms with Gasteiger partial charge in [0.15, 0.2) is 0 Å². The zero-order valence-corrected chi connectivity index (χ0v) is 16.1. The minimum atomic E-state index is -0.644. The van der Waals surface area contributed by atoms with Gasteiger partial charge in [-0.05, 0) is 53.4 Å². The first kappa shape index (κ1) is 19.3. The molecule has 0 spiro atoms. The largest absolute Gasteiger partial charge is 0.444 e. The first-order valence-electron chi connectivity index (χ1n) is 9.45. The third-order valence-corrected chi connectivity index (χ3v) is 5.07. The van der Waals surface area contributed by atoms with E-state index in [2.05, 4.69) is 6.58 Å². The molecule has 0 unspecified atom stereocenters. The van der Waals surface area contributed by atoms with Crippen LogP contribution in [0.1, 0.15) is 79.6 Å². The highest BCUT2D eigenvalue weighted by atomic mass is 16.6. The van der Waals surface area contributed by atoms with Gasteiger partial charge in [0, 0.05) is 0 Å². The smallest absolute Gasteiger partial charge is 0.412 e. The van der Waals surface area contributed by atoms with Crippen molar-refractivity contribution in [2.75, 3.05) is 0 Å². The van der Waals surface area contributed by atoms with Crippen molar-refractivity contribution in [3.8, 4) is 0 Å². The predicted molar refractivity (Wildman–Crippen MR) is 96.8 cm³/mol. The molecular weight excluding hydrogens is 302 g/mol. The molecule has 138 valence electrons. The van der Waals surface area contributed by atoms with E-state index in [1.807, 2.05) is 45.6 Å². The first-order valence-corrected chi connectivity index (χ1v) is 9.45. The van der Waals surface area contributed by atoms with Crippen molar-refractivity contribution in [2.24, 2.45) is 5.92 Å². The predicted octanol–water partition coefficient (Wildman–Crippen LogP) is 5.27. The molecule has 0 aromatic carbocycles. The van der Waals surface area contributed by atoms with Crippen LogP contribution in [-0.2, 0) is 9.47 Å². The van der Waals surface area contributed by atoms with Crippen LogP contribution in [0.4, 0.5) is 4.79 Å².